The second kappa shape index (κ2) is 7.82. The highest BCUT2D eigenvalue weighted by atomic mass is 16.5. The molecule has 0 atom stereocenters. The zero-order valence-corrected chi connectivity index (χ0v) is 12.9. The van der Waals surface area contributed by atoms with Gasteiger partial charge < -0.3 is 15.2 Å². The molecule has 1 aromatic carbocycles. The topological polar surface area (TPSA) is 75.6 Å². The molecule has 5 nitrogen and oxygen atoms in total. The summed E-state index contributed by atoms with van der Waals surface area (Å²) in [4.78, 5) is 23.0. The molecule has 0 heterocycles. The van der Waals surface area contributed by atoms with Crippen molar-refractivity contribution in [2.24, 2.45) is 5.92 Å². The molecule has 1 aromatic rings. The Balaban J connectivity index is 1.84. The van der Waals surface area contributed by atoms with Crippen LogP contribution in [0.2, 0.25) is 0 Å². The minimum Gasteiger partial charge on any atom is -0.496 e. The highest BCUT2D eigenvalue weighted by Gasteiger charge is 2.15. The van der Waals surface area contributed by atoms with Crippen LogP contribution in [0.1, 0.15) is 55.3 Å². The van der Waals surface area contributed by atoms with Gasteiger partial charge in [0.05, 0.1) is 7.11 Å². The average Bonchev–Trinajstić information content (AvgIpc) is 3.00. The highest BCUT2D eigenvalue weighted by molar-refractivity contribution is 5.94. The summed E-state index contributed by atoms with van der Waals surface area (Å²) < 4.78 is 5.05. The molecular formula is C17H23NO4. The molecule has 1 saturated carbocycles. The highest BCUT2D eigenvalue weighted by Crippen LogP contribution is 2.29. The second-order valence-corrected chi connectivity index (χ2v) is 5.81. The molecule has 0 spiro atoms. The second-order valence-electron chi connectivity index (χ2n) is 5.81. The van der Waals surface area contributed by atoms with Crippen molar-refractivity contribution >= 4 is 17.6 Å². The molecule has 1 amide bonds. The third kappa shape index (κ3) is 4.48. The molecule has 2 N–H and O–H groups in total. The van der Waals surface area contributed by atoms with E-state index in [0.717, 1.165) is 18.8 Å². The van der Waals surface area contributed by atoms with E-state index in [4.69, 9.17) is 9.84 Å². The monoisotopic (exact) mass is 305 g/mol. The molecule has 5 heteroatoms. The van der Waals surface area contributed by atoms with Gasteiger partial charge in [0.25, 0.3) is 0 Å². The van der Waals surface area contributed by atoms with Gasteiger partial charge in [0.15, 0.2) is 0 Å². The minimum atomic E-state index is -1.05. The number of ether oxygens (including phenoxy) is 1. The Bertz CT molecular complexity index is 535. The quantitative estimate of drug-likeness (QED) is 0.805. The summed E-state index contributed by atoms with van der Waals surface area (Å²) in [5.41, 5.74) is 0.648. The van der Waals surface area contributed by atoms with Crippen LogP contribution in [0.4, 0.5) is 5.69 Å². The third-order valence-corrected chi connectivity index (χ3v) is 4.21. The zero-order chi connectivity index (χ0) is 15.9. The fourth-order valence-corrected chi connectivity index (χ4v) is 3.02. The maximum absolute atomic E-state index is 11.9. The van der Waals surface area contributed by atoms with Crippen molar-refractivity contribution in [3.8, 4) is 5.75 Å². The molecule has 1 aliphatic carbocycles. The first-order valence-electron chi connectivity index (χ1n) is 7.81. The lowest BCUT2D eigenvalue weighted by Crippen LogP contribution is -2.12. The van der Waals surface area contributed by atoms with Gasteiger partial charge in [-0.25, -0.2) is 4.79 Å². The normalized spacial score (nSPS) is 14.8. The number of carbonyl (C=O) groups is 2. The Morgan fingerprint density at radius 2 is 2.05 bits per heavy atom. The summed E-state index contributed by atoms with van der Waals surface area (Å²) in [7, 11) is 1.41. The van der Waals surface area contributed by atoms with E-state index in [9.17, 15) is 9.59 Å². The van der Waals surface area contributed by atoms with Gasteiger partial charge in [-0.2, -0.15) is 0 Å². The summed E-state index contributed by atoms with van der Waals surface area (Å²) in [6.45, 7) is 0. The predicted octanol–water partition coefficient (Wildman–Crippen LogP) is 3.69. The van der Waals surface area contributed by atoms with Gasteiger partial charge in [0.2, 0.25) is 5.91 Å². The SMILES string of the molecule is COc1cc(NC(=O)CCCC2CCCC2)ccc1C(=O)O. The molecule has 0 bridgehead atoms. The number of amides is 1. The fraction of sp³-hybridized carbons (Fsp3) is 0.529. The lowest BCUT2D eigenvalue weighted by atomic mass is 10.0. The fourth-order valence-electron chi connectivity index (χ4n) is 3.02. The van der Waals surface area contributed by atoms with Gasteiger partial charge in [0.1, 0.15) is 11.3 Å². The number of hydrogen-bond donors (Lipinski definition) is 2. The first-order chi connectivity index (χ1) is 10.6. The molecule has 0 unspecified atom stereocenters. The standard InChI is InChI=1S/C17H23NO4/c1-22-15-11-13(9-10-14(15)17(20)21)18-16(19)8-4-7-12-5-2-3-6-12/h9-12H,2-8H2,1H3,(H,18,19)(H,20,21). The molecule has 0 aromatic heterocycles. The van der Waals surface area contributed by atoms with E-state index in [0.29, 0.717) is 12.1 Å². The van der Waals surface area contributed by atoms with Crippen molar-refractivity contribution in [2.75, 3.05) is 12.4 Å². The van der Waals surface area contributed by atoms with E-state index in [-0.39, 0.29) is 17.2 Å². The van der Waals surface area contributed by atoms with Crippen LogP contribution in [0.3, 0.4) is 0 Å². The third-order valence-electron chi connectivity index (χ3n) is 4.21. The molecule has 22 heavy (non-hydrogen) atoms. The number of hydrogen-bond acceptors (Lipinski definition) is 3. The Kier molecular flexibility index (Phi) is 5.81. The van der Waals surface area contributed by atoms with Crippen LogP contribution in [-0.2, 0) is 4.79 Å². The molecule has 0 aliphatic heterocycles. The van der Waals surface area contributed by atoms with Crippen LogP contribution >= 0.6 is 0 Å². The number of carboxylic acids is 1. The van der Waals surface area contributed by atoms with Crippen LogP contribution in [0.5, 0.6) is 5.75 Å². The van der Waals surface area contributed by atoms with Crippen LogP contribution < -0.4 is 10.1 Å². The summed E-state index contributed by atoms with van der Waals surface area (Å²) in [5.74, 6) is -0.0478. The van der Waals surface area contributed by atoms with Crippen molar-refractivity contribution in [3.05, 3.63) is 23.8 Å². The van der Waals surface area contributed by atoms with Crippen molar-refractivity contribution in [1.82, 2.24) is 0 Å². The van der Waals surface area contributed by atoms with Crippen LogP contribution in [0, 0.1) is 5.92 Å². The van der Waals surface area contributed by atoms with E-state index < -0.39 is 5.97 Å². The van der Waals surface area contributed by atoms with Gasteiger partial charge >= 0.3 is 5.97 Å². The lowest BCUT2D eigenvalue weighted by molar-refractivity contribution is -0.116. The first-order valence-corrected chi connectivity index (χ1v) is 7.81. The summed E-state index contributed by atoms with van der Waals surface area (Å²) in [6.07, 6.45) is 7.78. The van der Waals surface area contributed by atoms with Crippen molar-refractivity contribution in [2.45, 2.75) is 44.9 Å². The smallest absolute Gasteiger partial charge is 0.339 e. The number of benzene rings is 1. The van der Waals surface area contributed by atoms with Gasteiger partial charge in [-0.15, -0.1) is 0 Å². The predicted molar refractivity (Wildman–Crippen MR) is 84.4 cm³/mol. The number of nitrogens with one attached hydrogen (secondary N) is 1. The lowest BCUT2D eigenvalue weighted by Gasteiger charge is -2.10. The zero-order valence-electron chi connectivity index (χ0n) is 12.9. The average molecular weight is 305 g/mol. The van der Waals surface area contributed by atoms with E-state index in [1.54, 1.807) is 12.1 Å². The van der Waals surface area contributed by atoms with E-state index in [2.05, 4.69) is 5.32 Å². The molecule has 120 valence electrons. The molecule has 0 radical (unpaired) electrons. The Morgan fingerprint density at radius 3 is 2.68 bits per heavy atom. The molecule has 2 rings (SSSR count). The van der Waals surface area contributed by atoms with Gasteiger partial charge in [-0.3, -0.25) is 4.79 Å². The number of carboxylic acid groups (broad SMARTS) is 1. The summed E-state index contributed by atoms with van der Waals surface area (Å²) >= 11 is 0. The molecule has 0 saturated heterocycles. The number of rotatable bonds is 7. The number of anilines is 1. The largest absolute Gasteiger partial charge is 0.496 e. The van der Waals surface area contributed by atoms with Crippen molar-refractivity contribution in [1.29, 1.82) is 0 Å². The van der Waals surface area contributed by atoms with Crippen molar-refractivity contribution < 1.29 is 19.4 Å². The maximum atomic E-state index is 11.9. The van der Waals surface area contributed by atoms with Crippen LogP contribution in [-0.4, -0.2) is 24.1 Å². The van der Waals surface area contributed by atoms with Crippen LogP contribution in [0.25, 0.3) is 0 Å². The van der Waals surface area contributed by atoms with Gasteiger partial charge in [0, 0.05) is 18.2 Å². The van der Waals surface area contributed by atoms with Gasteiger partial charge in [-0.05, 0) is 30.9 Å². The van der Waals surface area contributed by atoms with Crippen molar-refractivity contribution in [3.63, 3.8) is 0 Å². The molecular weight excluding hydrogens is 282 g/mol. The summed E-state index contributed by atoms with van der Waals surface area (Å²) in [5, 5.41) is 11.8. The Hall–Kier alpha value is -2.04. The first kappa shape index (κ1) is 16.3. The van der Waals surface area contributed by atoms with Gasteiger partial charge in [-0.1, -0.05) is 25.7 Å². The van der Waals surface area contributed by atoms with E-state index in [1.807, 2.05) is 0 Å². The number of methoxy groups -OCH3 is 1. The van der Waals surface area contributed by atoms with Crippen LogP contribution in [0.15, 0.2) is 18.2 Å². The molecule has 1 fully saturated rings. The Labute approximate surface area is 130 Å². The number of carbonyl (C=O) groups excluding carboxylic acids is 1. The Morgan fingerprint density at radius 1 is 1.32 bits per heavy atom. The van der Waals surface area contributed by atoms with E-state index in [1.165, 1.54) is 38.9 Å². The maximum Gasteiger partial charge on any atom is 0.339 e. The number of aromatic carboxylic acids is 1. The molecule has 1 aliphatic rings. The van der Waals surface area contributed by atoms with E-state index >= 15 is 0 Å². The summed E-state index contributed by atoms with van der Waals surface area (Å²) in [6, 6.07) is 4.56. The minimum absolute atomic E-state index is 0.0388.